The number of carbonyl (C=O) groups is 1. The topological polar surface area (TPSA) is 69.4 Å². The van der Waals surface area contributed by atoms with Crippen molar-refractivity contribution in [1.82, 2.24) is 19.8 Å². The van der Waals surface area contributed by atoms with Gasteiger partial charge in [0.2, 0.25) is 4.96 Å². The van der Waals surface area contributed by atoms with Crippen LogP contribution in [-0.2, 0) is 14.9 Å². The van der Waals surface area contributed by atoms with Gasteiger partial charge in [0.05, 0.1) is 6.61 Å². The molecule has 0 amide bonds. The molecule has 0 radical (unpaired) electrons. The number of nitrogens with zero attached hydrogens (tertiary/aromatic N) is 4. The Morgan fingerprint density at radius 3 is 3.12 bits per heavy atom. The van der Waals surface area contributed by atoms with E-state index in [4.69, 9.17) is 4.74 Å². The van der Waals surface area contributed by atoms with E-state index < -0.39 is 5.41 Å². The molecule has 0 spiro atoms. The monoisotopic (exact) mass is 238 g/mol. The summed E-state index contributed by atoms with van der Waals surface area (Å²) < 4.78 is 6.68. The molecule has 0 atom stereocenters. The highest BCUT2D eigenvalue weighted by Gasteiger charge is 2.55. The highest BCUT2D eigenvalue weighted by Crippen LogP contribution is 2.50. The van der Waals surface area contributed by atoms with Gasteiger partial charge in [-0.25, -0.2) is 0 Å². The van der Waals surface area contributed by atoms with E-state index in [-0.39, 0.29) is 5.97 Å². The summed E-state index contributed by atoms with van der Waals surface area (Å²) in [4.78, 5) is 12.5. The molecule has 1 aliphatic rings. The van der Waals surface area contributed by atoms with E-state index in [1.165, 1.54) is 17.7 Å². The molecule has 7 heteroatoms. The van der Waals surface area contributed by atoms with Gasteiger partial charge in [0.1, 0.15) is 16.7 Å². The molecule has 16 heavy (non-hydrogen) atoms. The molecule has 2 heterocycles. The summed E-state index contributed by atoms with van der Waals surface area (Å²) >= 11 is 1.40. The van der Waals surface area contributed by atoms with Crippen LogP contribution in [0.15, 0.2) is 6.33 Å². The van der Waals surface area contributed by atoms with E-state index in [1.54, 1.807) is 4.52 Å². The van der Waals surface area contributed by atoms with Crippen molar-refractivity contribution in [2.45, 2.75) is 25.2 Å². The molecule has 3 rings (SSSR count). The molecule has 0 aromatic carbocycles. The summed E-state index contributed by atoms with van der Waals surface area (Å²) in [6, 6.07) is 0. The fraction of sp³-hybridized carbons (Fsp3) is 0.556. The molecule has 0 bridgehead atoms. The van der Waals surface area contributed by atoms with Gasteiger partial charge in [-0.1, -0.05) is 11.3 Å². The first-order valence-electron chi connectivity index (χ1n) is 5.11. The van der Waals surface area contributed by atoms with E-state index in [0.717, 1.165) is 17.8 Å². The summed E-state index contributed by atoms with van der Waals surface area (Å²) in [5, 5.41) is 12.7. The zero-order chi connectivity index (χ0) is 11.2. The molecule has 1 fully saturated rings. The molecule has 2 aromatic heterocycles. The van der Waals surface area contributed by atoms with Crippen molar-refractivity contribution in [2.75, 3.05) is 6.61 Å². The molecule has 1 aliphatic carbocycles. The number of hydrogen-bond acceptors (Lipinski definition) is 6. The van der Waals surface area contributed by atoms with Crippen molar-refractivity contribution >= 4 is 22.3 Å². The summed E-state index contributed by atoms with van der Waals surface area (Å²) in [5.74, 6) is -0.167. The summed E-state index contributed by atoms with van der Waals surface area (Å²) in [7, 11) is 0. The second-order valence-corrected chi connectivity index (χ2v) is 4.72. The predicted octanol–water partition coefficient (Wildman–Crippen LogP) is 0.780. The van der Waals surface area contributed by atoms with Crippen LogP contribution in [0.2, 0.25) is 0 Å². The van der Waals surface area contributed by atoms with Crippen LogP contribution in [0, 0.1) is 0 Å². The standard InChI is InChI=1S/C9H10N4O2S/c1-2-15-7(14)9(3-4-9)6-12-13-5-10-11-8(13)16-6/h5H,2-4H2,1H3. The molecule has 0 aliphatic heterocycles. The second kappa shape index (κ2) is 3.24. The number of fused-ring (bicyclic) bond motifs is 1. The Hall–Kier alpha value is -1.50. The maximum Gasteiger partial charge on any atom is 0.319 e. The van der Waals surface area contributed by atoms with Crippen molar-refractivity contribution in [3.8, 4) is 0 Å². The third-order valence-electron chi connectivity index (χ3n) is 2.71. The fourth-order valence-corrected chi connectivity index (χ4v) is 2.71. The lowest BCUT2D eigenvalue weighted by molar-refractivity contribution is -0.146. The zero-order valence-corrected chi connectivity index (χ0v) is 9.53. The van der Waals surface area contributed by atoms with Crippen molar-refractivity contribution in [2.24, 2.45) is 0 Å². The zero-order valence-electron chi connectivity index (χ0n) is 8.71. The smallest absolute Gasteiger partial charge is 0.319 e. The Morgan fingerprint density at radius 1 is 1.69 bits per heavy atom. The molecule has 1 saturated carbocycles. The highest BCUT2D eigenvalue weighted by atomic mass is 32.1. The van der Waals surface area contributed by atoms with Gasteiger partial charge in [-0.15, -0.1) is 10.2 Å². The van der Waals surface area contributed by atoms with Crippen molar-refractivity contribution in [1.29, 1.82) is 0 Å². The summed E-state index contributed by atoms with van der Waals surface area (Å²) in [6.45, 7) is 2.22. The molecule has 0 N–H and O–H groups in total. The maximum absolute atomic E-state index is 11.8. The lowest BCUT2D eigenvalue weighted by Crippen LogP contribution is -2.23. The van der Waals surface area contributed by atoms with Gasteiger partial charge in [-0.2, -0.15) is 9.61 Å². The van der Waals surface area contributed by atoms with Crippen LogP contribution in [0.3, 0.4) is 0 Å². The predicted molar refractivity (Wildman–Crippen MR) is 56.2 cm³/mol. The van der Waals surface area contributed by atoms with E-state index in [1.807, 2.05) is 6.92 Å². The van der Waals surface area contributed by atoms with Gasteiger partial charge >= 0.3 is 5.97 Å². The Morgan fingerprint density at radius 2 is 2.50 bits per heavy atom. The molecule has 6 nitrogen and oxygen atoms in total. The van der Waals surface area contributed by atoms with Crippen LogP contribution in [-0.4, -0.2) is 32.4 Å². The Bertz CT molecular complexity index is 514. The van der Waals surface area contributed by atoms with Gasteiger partial charge in [0, 0.05) is 0 Å². The molecule has 84 valence electrons. The number of hydrogen-bond donors (Lipinski definition) is 0. The molecule has 0 saturated heterocycles. The SMILES string of the molecule is CCOC(=O)C1(c2nn3cnnc3s2)CC1. The third kappa shape index (κ3) is 1.24. The normalized spacial score (nSPS) is 17.6. The van der Waals surface area contributed by atoms with Gasteiger partial charge in [0.15, 0.2) is 0 Å². The van der Waals surface area contributed by atoms with Crippen molar-refractivity contribution in [3.63, 3.8) is 0 Å². The van der Waals surface area contributed by atoms with Crippen LogP contribution >= 0.6 is 11.3 Å². The fourth-order valence-electron chi connectivity index (χ4n) is 1.65. The average molecular weight is 238 g/mol. The Labute approximate surface area is 95.2 Å². The number of ether oxygens (including phenoxy) is 1. The number of aromatic nitrogens is 4. The maximum atomic E-state index is 11.8. The lowest BCUT2D eigenvalue weighted by atomic mass is 10.1. The first-order valence-corrected chi connectivity index (χ1v) is 5.92. The molecule has 2 aromatic rings. The minimum atomic E-state index is -0.499. The highest BCUT2D eigenvalue weighted by molar-refractivity contribution is 7.17. The first kappa shape index (κ1) is 9.71. The van der Waals surface area contributed by atoms with Gasteiger partial charge in [0.25, 0.3) is 0 Å². The molecular formula is C9H10N4O2S. The molecule has 0 unspecified atom stereocenters. The first-order chi connectivity index (χ1) is 7.76. The average Bonchev–Trinajstić information content (AvgIpc) is 2.78. The quantitative estimate of drug-likeness (QED) is 0.739. The van der Waals surface area contributed by atoms with Crippen LogP contribution in [0.4, 0.5) is 0 Å². The van der Waals surface area contributed by atoms with Crippen molar-refractivity contribution < 1.29 is 9.53 Å². The van der Waals surface area contributed by atoms with Gasteiger partial charge in [-0.3, -0.25) is 4.79 Å². The third-order valence-corrected chi connectivity index (χ3v) is 3.83. The minimum Gasteiger partial charge on any atom is -0.465 e. The molecular weight excluding hydrogens is 228 g/mol. The van der Waals surface area contributed by atoms with E-state index >= 15 is 0 Å². The Kier molecular flexibility index (Phi) is 1.97. The van der Waals surface area contributed by atoms with Crippen molar-refractivity contribution in [3.05, 3.63) is 11.3 Å². The van der Waals surface area contributed by atoms with Crippen LogP contribution in [0.5, 0.6) is 0 Å². The summed E-state index contributed by atoms with van der Waals surface area (Å²) in [5.41, 5.74) is -0.499. The van der Waals surface area contributed by atoms with Gasteiger partial charge < -0.3 is 4.74 Å². The number of rotatable bonds is 3. The van der Waals surface area contributed by atoms with Crippen LogP contribution < -0.4 is 0 Å². The largest absolute Gasteiger partial charge is 0.465 e. The van der Waals surface area contributed by atoms with Crippen LogP contribution in [0.1, 0.15) is 24.8 Å². The minimum absolute atomic E-state index is 0.167. The summed E-state index contributed by atoms with van der Waals surface area (Å²) in [6.07, 6.45) is 3.17. The van der Waals surface area contributed by atoms with E-state index in [2.05, 4.69) is 15.3 Å². The number of carbonyl (C=O) groups excluding carboxylic acids is 1. The van der Waals surface area contributed by atoms with Crippen LogP contribution in [0.25, 0.3) is 4.96 Å². The van der Waals surface area contributed by atoms with E-state index in [0.29, 0.717) is 11.6 Å². The van der Waals surface area contributed by atoms with E-state index in [9.17, 15) is 4.79 Å². The van der Waals surface area contributed by atoms with Gasteiger partial charge in [-0.05, 0) is 19.8 Å². The lowest BCUT2D eigenvalue weighted by Gasteiger charge is -2.09. The Balaban J connectivity index is 1.97. The second-order valence-electron chi connectivity index (χ2n) is 3.77. The number of esters is 1.